The Morgan fingerprint density at radius 3 is 2.81 bits per heavy atom. The van der Waals surface area contributed by atoms with E-state index in [0.29, 0.717) is 18.0 Å². The number of halogens is 3. The average molecular weight is 466 g/mol. The van der Waals surface area contributed by atoms with Crippen LogP contribution in [0.5, 0.6) is 0 Å². The molecule has 2 aromatic rings. The summed E-state index contributed by atoms with van der Waals surface area (Å²) in [6, 6.07) is 4.45. The van der Waals surface area contributed by atoms with E-state index in [0.717, 1.165) is 26.1 Å². The van der Waals surface area contributed by atoms with Crippen molar-refractivity contribution in [2.45, 2.75) is 13.5 Å². The number of methoxy groups -OCH3 is 1. The Kier molecular flexibility index (Phi) is 5.88. The van der Waals surface area contributed by atoms with Crippen LogP contribution in [-0.2, 0) is 11.3 Å². The number of hydrogen-bond acceptors (Lipinski definition) is 4. The van der Waals surface area contributed by atoms with Crippen molar-refractivity contribution in [3.05, 3.63) is 37.8 Å². The molecule has 0 saturated heterocycles. The third-order valence-electron chi connectivity index (χ3n) is 2.71. The highest BCUT2D eigenvalue weighted by atomic mass is 127. The SMILES string of the molecule is CCNc1nc(-c2cc(F)ccc2Br)nc(COC)c1I. The van der Waals surface area contributed by atoms with E-state index < -0.39 is 0 Å². The van der Waals surface area contributed by atoms with Crippen LogP contribution in [0.4, 0.5) is 10.2 Å². The summed E-state index contributed by atoms with van der Waals surface area (Å²) >= 11 is 5.60. The van der Waals surface area contributed by atoms with Crippen molar-refractivity contribution in [2.75, 3.05) is 19.0 Å². The van der Waals surface area contributed by atoms with Gasteiger partial charge in [0.15, 0.2) is 5.82 Å². The Balaban J connectivity index is 2.59. The van der Waals surface area contributed by atoms with E-state index in [-0.39, 0.29) is 5.82 Å². The largest absolute Gasteiger partial charge is 0.378 e. The van der Waals surface area contributed by atoms with Crippen LogP contribution in [0.2, 0.25) is 0 Å². The molecular formula is C14H14BrFIN3O. The second-order valence-electron chi connectivity index (χ2n) is 4.24. The lowest BCUT2D eigenvalue weighted by Crippen LogP contribution is -2.09. The van der Waals surface area contributed by atoms with Crippen LogP contribution in [0.25, 0.3) is 11.4 Å². The second kappa shape index (κ2) is 7.46. The summed E-state index contributed by atoms with van der Waals surface area (Å²) in [5.41, 5.74) is 1.39. The van der Waals surface area contributed by atoms with Crippen LogP contribution in [0.1, 0.15) is 12.6 Å². The van der Waals surface area contributed by atoms with E-state index in [4.69, 9.17) is 4.74 Å². The molecule has 112 valence electrons. The minimum Gasteiger partial charge on any atom is -0.378 e. The summed E-state index contributed by atoms with van der Waals surface area (Å²) < 4.78 is 20.3. The van der Waals surface area contributed by atoms with Gasteiger partial charge in [-0.1, -0.05) is 15.9 Å². The maximum atomic E-state index is 13.5. The fraction of sp³-hybridized carbons (Fsp3) is 0.286. The summed E-state index contributed by atoms with van der Waals surface area (Å²) in [7, 11) is 1.61. The maximum absolute atomic E-state index is 13.5. The number of benzene rings is 1. The van der Waals surface area contributed by atoms with Crippen LogP contribution in [-0.4, -0.2) is 23.6 Å². The van der Waals surface area contributed by atoms with Crippen molar-refractivity contribution in [3.8, 4) is 11.4 Å². The standard InChI is InChI=1S/C14H14BrFIN3O/c1-3-18-14-12(17)11(7-21-2)19-13(20-14)9-6-8(16)4-5-10(9)15/h4-6H,3,7H2,1-2H3,(H,18,19,20). The van der Waals surface area contributed by atoms with Crippen molar-refractivity contribution in [2.24, 2.45) is 0 Å². The van der Waals surface area contributed by atoms with Crippen LogP contribution in [0.15, 0.2) is 22.7 Å². The number of nitrogens with zero attached hydrogens (tertiary/aromatic N) is 2. The zero-order valence-electron chi connectivity index (χ0n) is 11.6. The molecule has 0 saturated carbocycles. The molecule has 4 nitrogen and oxygen atoms in total. The molecule has 0 spiro atoms. The molecule has 1 N–H and O–H groups in total. The number of anilines is 1. The normalized spacial score (nSPS) is 10.7. The van der Waals surface area contributed by atoms with E-state index >= 15 is 0 Å². The minimum absolute atomic E-state index is 0.325. The third-order valence-corrected chi connectivity index (χ3v) is 4.54. The molecule has 0 atom stereocenters. The minimum atomic E-state index is -0.325. The van der Waals surface area contributed by atoms with Crippen LogP contribution in [0.3, 0.4) is 0 Å². The highest BCUT2D eigenvalue weighted by molar-refractivity contribution is 14.1. The Labute approximate surface area is 144 Å². The van der Waals surface area contributed by atoms with Gasteiger partial charge in [-0.3, -0.25) is 0 Å². The number of aromatic nitrogens is 2. The topological polar surface area (TPSA) is 47.0 Å². The predicted octanol–water partition coefficient (Wildman–Crippen LogP) is 4.23. The van der Waals surface area contributed by atoms with Crippen LogP contribution in [0, 0.1) is 9.39 Å². The zero-order chi connectivity index (χ0) is 15.4. The van der Waals surface area contributed by atoms with Gasteiger partial charge in [0.05, 0.1) is 15.9 Å². The summed E-state index contributed by atoms with van der Waals surface area (Å²) in [4.78, 5) is 8.99. The molecule has 1 aromatic carbocycles. The first-order chi connectivity index (χ1) is 10.1. The van der Waals surface area contributed by atoms with Crippen molar-refractivity contribution in [3.63, 3.8) is 0 Å². The lowest BCUT2D eigenvalue weighted by atomic mass is 10.2. The smallest absolute Gasteiger partial charge is 0.163 e. The summed E-state index contributed by atoms with van der Waals surface area (Å²) in [6.07, 6.45) is 0. The Morgan fingerprint density at radius 1 is 1.38 bits per heavy atom. The first kappa shape index (κ1) is 16.6. The molecule has 0 bridgehead atoms. The predicted molar refractivity (Wildman–Crippen MR) is 92.7 cm³/mol. The third kappa shape index (κ3) is 3.89. The Bertz CT molecular complexity index is 627. The van der Waals surface area contributed by atoms with E-state index in [9.17, 15) is 4.39 Å². The highest BCUT2D eigenvalue weighted by Crippen LogP contribution is 2.29. The molecule has 1 heterocycles. The molecule has 0 aliphatic rings. The van der Waals surface area contributed by atoms with Gasteiger partial charge in [0.1, 0.15) is 11.6 Å². The van der Waals surface area contributed by atoms with Gasteiger partial charge in [0, 0.05) is 23.7 Å². The van der Waals surface area contributed by atoms with Gasteiger partial charge in [-0.05, 0) is 47.7 Å². The van der Waals surface area contributed by atoms with Gasteiger partial charge in [-0.15, -0.1) is 0 Å². The highest BCUT2D eigenvalue weighted by Gasteiger charge is 2.15. The molecule has 0 amide bonds. The summed E-state index contributed by atoms with van der Waals surface area (Å²) in [5.74, 6) is 0.866. The van der Waals surface area contributed by atoms with Gasteiger partial charge in [-0.2, -0.15) is 0 Å². The van der Waals surface area contributed by atoms with Crippen molar-refractivity contribution in [1.82, 2.24) is 9.97 Å². The van der Waals surface area contributed by atoms with E-state index in [1.165, 1.54) is 12.1 Å². The molecule has 0 aliphatic heterocycles. The van der Waals surface area contributed by atoms with Crippen LogP contribution < -0.4 is 5.32 Å². The quantitative estimate of drug-likeness (QED) is 0.671. The Morgan fingerprint density at radius 2 is 2.14 bits per heavy atom. The molecule has 2 rings (SSSR count). The van der Waals surface area contributed by atoms with Crippen molar-refractivity contribution in [1.29, 1.82) is 0 Å². The lowest BCUT2D eigenvalue weighted by Gasteiger charge is -2.12. The summed E-state index contributed by atoms with van der Waals surface area (Å²) in [6.45, 7) is 3.11. The first-order valence-corrected chi connectivity index (χ1v) is 8.18. The van der Waals surface area contributed by atoms with Gasteiger partial charge >= 0.3 is 0 Å². The molecule has 21 heavy (non-hydrogen) atoms. The molecule has 1 aromatic heterocycles. The molecular weight excluding hydrogens is 452 g/mol. The monoisotopic (exact) mass is 465 g/mol. The molecule has 0 unspecified atom stereocenters. The maximum Gasteiger partial charge on any atom is 0.163 e. The van der Waals surface area contributed by atoms with Crippen molar-refractivity contribution < 1.29 is 9.13 Å². The molecule has 0 aliphatic carbocycles. The van der Waals surface area contributed by atoms with E-state index in [1.807, 2.05) is 6.92 Å². The lowest BCUT2D eigenvalue weighted by molar-refractivity contribution is 0.181. The zero-order valence-corrected chi connectivity index (χ0v) is 15.3. The van der Waals surface area contributed by atoms with Gasteiger partial charge in [-0.25, -0.2) is 14.4 Å². The van der Waals surface area contributed by atoms with Crippen molar-refractivity contribution >= 4 is 44.3 Å². The van der Waals surface area contributed by atoms with Gasteiger partial charge < -0.3 is 10.1 Å². The Hall–Kier alpha value is -0.800. The second-order valence-corrected chi connectivity index (χ2v) is 6.18. The molecule has 0 radical (unpaired) electrons. The fourth-order valence-electron chi connectivity index (χ4n) is 1.80. The molecule has 7 heteroatoms. The average Bonchev–Trinajstić information content (AvgIpc) is 2.46. The molecule has 0 fully saturated rings. The number of hydrogen-bond donors (Lipinski definition) is 1. The number of nitrogens with one attached hydrogen (secondary N) is 1. The van der Waals surface area contributed by atoms with Crippen LogP contribution >= 0.6 is 38.5 Å². The van der Waals surface area contributed by atoms with Gasteiger partial charge in [0.2, 0.25) is 0 Å². The van der Waals surface area contributed by atoms with E-state index in [1.54, 1.807) is 13.2 Å². The summed E-state index contributed by atoms with van der Waals surface area (Å²) in [5, 5.41) is 3.20. The van der Waals surface area contributed by atoms with Gasteiger partial charge in [0.25, 0.3) is 0 Å². The number of rotatable bonds is 5. The first-order valence-electron chi connectivity index (χ1n) is 6.31. The fourth-order valence-corrected chi connectivity index (χ4v) is 2.81. The van der Waals surface area contributed by atoms with E-state index in [2.05, 4.69) is 53.8 Å². The number of ether oxygens (including phenoxy) is 1.